The number of aromatic nitrogens is 2. The van der Waals surface area contributed by atoms with Crippen LogP contribution in [-0.2, 0) is 19.9 Å². The molecule has 0 bridgehead atoms. The zero-order valence-corrected chi connectivity index (χ0v) is 11.9. The van der Waals surface area contributed by atoms with Crippen LogP contribution in [-0.4, -0.2) is 22.7 Å². The van der Waals surface area contributed by atoms with Crippen molar-refractivity contribution >= 4 is 0 Å². The van der Waals surface area contributed by atoms with Crippen molar-refractivity contribution in [1.82, 2.24) is 9.55 Å². The van der Waals surface area contributed by atoms with Crippen LogP contribution < -0.4 is 10.5 Å². The maximum atomic E-state index is 6.07. The normalized spacial score (nSPS) is 21.3. The van der Waals surface area contributed by atoms with E-state index in [-0.39, 0.29) is 5.41 Å². The van der Waals surface area contributed by atoms with E-state index in [9.17, 15) is 0 Å². The van der Waals surface area contributed by atoms with Crippen molar-refractivity contribution in [3.63, 3.8) is 0 Å². The molecule has 1 atom stereocenters. The smallest absolute Gasteiger partial charge is 0.122 e. The molecule has 4 heteroatoms. The van der Waals surface area contributed by atoms with E-state index in [1.165, 1.54) is 5.56 Å². The van der Waals surface area contributed by atoms with Crippen LogP contribution in [0.5, 0.6) is 5.75 Å². The highest BCUT2D eigenvalue weighted by Crippen LogP contribution is 2.36. The van der Waals surface area contributed by atoms with Crippen molar-refractivity contribution in [2.45, 2.75) is 19.3 Å². The summed E-state index contributed by atoms with van der Waals surface area (Å²) >= 11 is 0. The molecule has 0 saturated carbocycles. The molecule has 1 aliphatic heterocycles. The third-order valence-electron chi connectivity index (χ3n) is 4.30. The second-order valence-corrected chi connectivity index (χ2v) is 5.73. The van der Waals surface area contributed by atoms with Gasteiger partial charge in [0.2, 0.25) is 0 Å². The SMILES string of the molecule is Cn1ccnc1CCC1(CN)COc2ccccc2C1. The molecule has 0 fully saturated rings. The third kappa shape index (κ3) is 2.43. The topological polar surface area (TPSA) is 53.1 Å². The number of hydrogen-bond acceptors (Lipinski definition) is 3. The van der Waals surface area contributed by atoms with E-state index >= 15 is 0 Å². The number of nitrogens with two attached hydrogens (primary N) is 1. The van der Waals surface area contributed by atoms with E-state index in [2.05, 4.69) is 21.7 Å². The minimum Gasteiger partial charge on any atom is -0.493 e. The molecule has 0 radical (unpaired) electrons. The summed E-state index contributed by atoms with van der Waals surface area (Å²) in [6.45, 7) is 1.34. The summed E-state index contributed by atoms with van der Waals surface area (Å²) in [4.78, 5) is 4.39. The Hall–Kier alpha value is -1.81. The van der Waals surface area contributed by atoms with E-state index in [1.54, 1.807) is 0 Å². The predicted molar refractivity (Wildman–Crippen MR) is 78.7 cm³/mol. The molecule has 2 aromatic rings. The zero-order valence-electron chi connectivity index (χ0n) is 11.9. The second kappa shape index (κ2) is 5.29. The van der Waals surface area contributed by atoms with Gasteiger partial charge in [-0.1, -0.05) is 18.2 Å². The highest BCUT2D eigenvalue weighted by molar-refractivity contribution is 5.36. The number of ether oxygens (including phenoxy) is 1. The molecule has 20 heavy (non-hydrogen) atoms. The van der Waals surface area contributed by atoms with Crippen LogP contribution in [0.15, 0.2) is 36.7 Å². The first kappa shape index (κ1) is 13.2. The van der Waals surface area contributed by atoms with Crippen molar-refractivity contribution < 1.29 is 4.74 Å². The molecule has 3 rings (SSSR count). The minimum absolute atomic E-state index is 0.0281. The molecule has 2 heterocycles. The lowest BCUT2D eigenvalue weighted by atomic mass is 9.76. The Labute approximate surface area is 119 Å². The van der Waals surface area contributed by atoms with Gasteiger partial charge < -0.3 is 15.0 Å². The van der Waals surface area contributed by atoms with Crippen molar-refractivity contribution in [2.75, 3.05) is 13.2 Å². The Kier molecular flexibility index (Phi) is 3.49. The molecule has 1 aromatic heterocycles. The third-order valence-corrected chi connectivity index (χ3v) is 4.30. The molecule has 0 saturated heterocycles. The van der Waals surface area contributed by atoms with E-state index in [1.807, 2.05) is 31.6 Å². The molecule has 1 aromatic carbocycles. The van der Waals surface area contributed by atoms with Gasteiger partial charge in [-0.15, -0.1) is 0 Å². The number of nitrogens with zero attached hydrogens (tertiary/aromatic N) is 2. The fourth-order valence-corrected chi connectivity index (χ4v) is 2.88. The van der Waals surface area contributed by atoms with Gasteiger partial charge in [-0.05, 0) is 24.5 Å². The molecular weight excluding hydrogens is 250 g/mol. The van der Waals surface area contributed by atoms with Crippen LogP contribution in [0.25, 0.3) is 0 Å². The number of hydrogen-bond donors (Lipinski definition) is 1. The summed E-state index contributed by atoms with van der Waals surface area (Å²) in [6, 6.07) is 8.25. The highest BCUT2D eigenvalue weighted by atomic mass is 16.5. The molecule has 2 N–H and O–H groups in total. The fraction of sp³-hybridized carbons (Fsp3) is 0.438. The zero-order chi connectivity index (χ0) is 14.0. The minimum atomic E-state index is 0.0281. The summed E-state index contributed by atoms with van der Waals surface area (Å²) in [5.74, 6) is 2.12. The molecular formula is C16H21N3O. The molecule has 106 valence electrons. The van der Waals surface area contributed by atoms with E-state index in [4.69, 9.17) is 10.5 Å². The van der Waals surface area contributed by atoms with E-state index < -0.39 is 0 Å². The van der Waals surface area contributed by atoms with Gasteiger partial charge in [0, 0.05) is 37.8 Å². The van der Waals surface area contributed by atoms with Gasteiger partial charge in [0.1, 0.15) is 11.6 Å². The van der Waals surface area contributed by atoms with Gasteiger partial charge in [-0.2, -0.15) is 0 Å². The molecule has 0 amide bonds. The van der Waals surface area contributed by atoms with Crippen molar-refractivity contribution in [3.05, 3.63) is 48.0 Å². The van der Waals surface area contributed by atoms with Crippen LogP contribution in [0, 0.1) is 5.41 Å². The van der Waals surface area contributed by atoms with Crippen molar-refractivity contribution in [1.29, 1.82) is 0 Å². The summed E-state index contributed by atoms with van der Waals surface area (Å²) in [5.41, 5.74) is 7.36. The summed E-state index contributed by atoms with van der Waals surface area (Å²) in [7, 11) is 2.03. The average molecular weight is 271 g/mol. The number of rotatable bonds is 4. The second-order valence-electron chi connectivity index (χ2n) is 5.73. The van der Waals surface area contributed by atoms with Crippen LogP contribution in [0.2, 0.25) is 0 Å². The van der Waals surface area contributed by atoms with Crippen LogP contribution in [0.3, 0.4) is 0 Å². The van der Waals surface area contributed by atoms with Crippen LogP contribution in [0.4, 0.5) is 0 Å². The van der Waals surface area contributed by atoms with Crippen molar-refractivity contribution in [2.24, 2.45) is 18.2 Å². The number of fused-ring (bicyclic) bond motifs is 1. The molecule has 1 aliphatic rings. The Morgan fingerprint density at radius 2 is 2.25 bits per heavy atom. The van der Waals surface area contributed by atoms with Crippen molar-refractivity contribution in [3.8, 4) is 5.75 Å². The maximum Gasteiger partial charge on any atom is 0.122 e. The van der Waals surface area contributed by atoms with Crippen LogP contribution in [0.1, 0.15) is 17.8 Å². The van der Waals surface area contributed by atoms with Gasteiger partial charge in [-0.3, -0.25) is 0 Å². The summed E-state index contributed by atoms with van der Waals surface area (Å²) in [5, 5.41) is 0. The Morgan fingerprint density at radius 1 is 1.40 bits per heavy atom. The average Bonchev–Trinajstić information content (AvgIpc) is 2.90. The first-order chi connectivity index (χ1) is 9.72. The lowest BCUT2D eigenvalue weighted by Crippen LogP contribution is -2.41. The molecule has 0 spiro atoms. The maximum absolute atomic E-state index is 6.07. The Balaban J connectivity index is 1.75. The first-order valence-electron chi connectivity index (χ1n) is 7.09. The van der Waals surface area contributed by atoms with Gasteiger partial charge in [0.15, 0.2) is 0 Å². The summed E-state index contributed by atoms with van der Waals surface area (Å²) in [6.07, 6.45) is 6.76. The predicted octanol–water partition coefficient (Wildman–Crippen LogP) is 1.93. The van der Waals surface area contributed by atoms with Crippen LogP contribution >= 0.6 is 0 Å². The number of para-hydroxylation sites is 1. The summed E-state index contributed by atoms with van der Waals surface area (Å²) < 4.78 is 7.99. The number of aryl methyl sites for hydroxylation is 2. The molecule has 1 unspecified atom stereocenters. The lowest BCUT2D eigenvalue weighted by Gasteiger charge is -2.37. The monoisotopic (exact) mass is 271 g/mol. The quantitative estimate of drug-likeness (QED) is 0.924. The largest absolute Gasteiger partial charge is 0.493 e. The fourth-order valence-electron chi connectivity index (χ4n) is 2.88. The standard InChI is InChI=1S/C16H21N3O/c1-19-9-8-18-15(19)6-7-16(11-17)10-13-4-2-3-5-14(13)20-12-16/h2-5,8-9H,6-7,10-12,17H2,1H3. The Morgan fingerprint density at radius 3 is 3.00 bits per heavy atom. The van der Waals surface area contributed by atoms with Gasteiger partial charge in [-0.25, -0.2) is 4.98 Å². The molecule has 0 aliphatic carbocycles. The van der Waals surface area contributed by atoms with Gasteiger partial charge >= 0.3 is 0 Å². The van der Waals surface area contributed by atoms with E-state index in [0.717, 1.165) is 30.8 Å². The number of benzene rings is 1. The van der Waals surface area contributed by atoms with Gasteiger partial charge in [0.25, 0.3) is 0 Å². The lowest BCUT2D eigenvalue weighted by molar-refractivity contribution is 0.116. The number of imidazole rings is 1. The molecule has 4 nitrogen and oxygen atoms in total. The van der Waals surface area contributed by atoms with E-state index in [0.29, 0.717) is 13.2 Å². The Bertz CT molecular complexity index is 593. The first-order valence-corrected chi connectivity index (χ1v) is 7.09. The van der Waals surface area contributed by atoms with Gasteiger partial charge in [0.05, 0.1) is 6.61 Å². The highest BCUT2D eigenvalue weighted by Gasteiger charge is 2.34.